The molecule has 0 aliphatic carbocycles. The zero-order chi connectivity index (χ0) is 11.4. The van der Waals surface area contributed by atoms with Gasteiger partial charge in [-0.05, 0) is 24.3 Å². The minimum absolute atomic E-state index is 0.240. The van der Waals surface area contributed by atoms with Crippen molar-refractivity contribution in [2.24, 2.45) is 0 Å². The van der Waals surface area contributed by atoms with Crippen LogP contribution in [0, 0.1) is 0 Å². The van der Waals surface area contributed by atoms with E-state index in [0.29, 0.717) is 5.69 Å². The van der Waals surface area contributed by atoms with E-state index in [2.05, 4.69) is 10.3 Å². The van der Waals surface area contributed by atoms with Gasteiger partial charge in [-0.2, -0.15) is 0 Å². The molecular weight excluding hydrogens is 224 g/mol. The van der Waals surface area contributed by atoms with Crippen LogP contribution >= 0.6 is 11.6 Å². The van der Waals surface area contributed by atoms with Crippen molar-refractivity contribution in [3.05, 3.63) is 54.4 Å². The molecule has 2 N–H and O–H groups in total. The van der Waals surface area contributed by atoms with Crippen LogP contribution in [0.15, 0.2) is 48.7 Å². The lowest BCUT2D eigenvalue weighted by Gasteiger charge is -2.08. The molecule has 0 saturated carbocycles. The van der Waals surface area contributed by atoms with Crippen LogP contribution in [0.2, 0.25) is 0 Å². The van der Waals surface area contributed by atoms with Gasteiger partial charge >= 0.3 is 0 Å². The van der Waals surface area contributed by atoms with Crippen LogP contribution in [0.25, 0.3) is 0 Å². The van der Waals surface area contributed by atoms with Crippen LogP contribution in [0.1, 0.15) is 11.1 Å². The molecule has 2 rings (SSSR count). The zero-order valence-corrected chi connectivity index (χ0v) is 9.24. The summed E-state index contributed by atoms with van der Waals surface area (Å²) in [5.41, 5.74) is 1.43. The lowest BCUT2D eigenvalue weighted by molar-refractivity contribution is -0.116. The van der Waals surface area contributed by atoms with Gasteiger partial charge in [-0.25, -0.2) is 0 Å². The summed E-state index contributed by atoms with van der Waals surface area (Å²) in [6, 6.07) is 12.8. The van der Waals surface area contributed by atoms with Gasteiger partial charge in [0.2, 0.25) is 5.91 Å². The molecule has 3 nitrogen and oxygen atoms in total. The van der Waals surface area contributed by atoms with Crippen molar-refractivity contribution in [1.29, 1.82) is 0 Å². The highest BCUT2D eigenvalue weighted by Crippen LogP contribution is 2.20. The third-order valence-corrected chi connectivity index (χ3v) is 2.60. The molecule has 2 aromatic rings. The van der Waals surface area contributed by atoms with E-state index in [4.69, 9.17) is 11.6 Å². The molecule has 1 atom stereocenters. The van der Waals surface area contributed by atoms with Crippen LogP contribution in [0.4, 0.5) is 5.69 Å². The molecule has 0 fully saturated rings. The maximum Gasteiger partial charge on any atom is 0.248 e. The summed E-state index contributed by atoms with van der Waals surface area (Å²) in [5.74, 6) is -0.240. The van der Waals surface area contributed by atoms with Crippen molar-refractivity contribution in [2.75, 3.05) is 5.32 Å². The van der Waals surface area contributed by atoms with Gasteiger partial charge < -0.3 is 10.3 Å². The molecule has 82 valence electrons. The van der Waals surface area contributed by atoms with Crippen LogP contribution in [0.5, 0.6) is 0 Å². The fourth-order valence-electron chi connectivity index (χ4n) is 1.37. The standard InChI is InChI=1S/C12H11ClN2O/c13-11(10-7-4-8-14-10)12(16)15-9-5-2-1-3-6-9/h1-8,11,14H,(H,15,16). The first-order valence-corrected chi connectivity index (χ1v) is 5.34. The topological polar surface area (TPSA) is 44.9 Å². The molecule has 16 heavy (non-hydrogen) atoms. The summed E-state index contributed by atoms with van der Waals surface area (Å²) in [6.07, 6.45) is 1.74. The minimum Gasteiger partial charge on any atom is -0.363 e. The van der Waals surface area contributed by atoms with Crippen LogP contribution in [0.3, 0.4) is 0 Å². The first-order chi connectivity index (χ1) is 7.77. The molecule has 0 radical (unpaired) electrons. The van der Waals surface area contributed by atoms with Gasteiger partial charge in [0.25, 0.3) is 0 Å². The summed E-state index contributed by atoms with van der Waals surface area (Å²) in [7, 11) is 0. The van der Waals surface area contributed by atoms with Crippen LogP contribution in [-0.4, -0.2) is 10.9 Å². The second-order valence-corrected chi connectivity index (χ2v) is 3.78. The third-order valence-electron chi connectivity index (χ3n) is 2.17. The summed E-state index contributed by atoms with van der Waals surface area (Å²) in [6.45, 7) is 0. The van der Waals surface area contributed by atoms with Crippen molar-refractivity contribution in [3.8, 4) is 0 Å². The summed E-state index contributed by atoms with van der Waals surface area (Å²) in [5, 5.41) is 2.04. The van der Waals surface area contributed by atoms with Crippen molar-refractivity contribution >= 4 is 23.2 Å². The first-order valence-electron chi connectivity index (χ1n) is 4.90. The predicted octanol–water partition coefficient (Wildman–Crippen LogP) is 2.93. The highest BCUT2D eigenvalue weighted by atomic mass is 35.5. The van der Waals surface area contributed by atoms with Gasteiger partial charge in [0.05, 0.1) is 0 Å². The molecule has 1 amide bonds. The molecule has 1 heterocycles. The molecule has 1 aromatic heterocycles. The Balaban J connectivity index is 2.04. The van der Waals surface area contributed by atoms with E-state index >= 15 is 0 Å². The van der Waals surface area contributed by atoms with Crippen molar-refractivity contribution < 1.29 is 4.79 Å². The quantitative estimate of drug-likeness (QED) is 0.788. The fraction of sp³-hybridized carbons (Fsp3) is 0.0833. The van der Waals surface area contributed by atoms with Crippen LogP contribution in [-0.2, 0) is 4.79 Å². The van der Waals surface area contributed by atoms with E-state index in [1.807, 2.05) is 30.3 Å². The molecule has 1 unspecified atom stereocenters. The molecular formula is C12H11ClN2O. The fourth-order valence-corrected chi connectivity index (χ4v) is 1.56. The molecule has 0 aliphatic heterocycles. The van der Waals surface area contributed by atoms with E-state index in [-0.39, 0.29) is 5.91 Å². The lowest BCUT2D eigenvalue weighted by Crippen LogP contribution is -2.17. The van der Waals surface area contributed by atoms with Gasteiger partial charge in [-0.15, -0.1) is 11.6 Å². The SMILES string of the molecule is O=C(Nc1ccccc1)C(Cl)c1ccc[nH]1. The average Bonchev–Trinajstić information content (AvgIpc) is 2.83. The van der Waals surface area contributed by atoms with Gasteiger partial charge in [0.15, 0.2) is 5.38 Å². The first kappa shape index (κ1) is 10.8. The number of rotatable bonds is 3. The maximum absolute atomic E-state index is 11.7. The van der Waals surface area contributed by atoms with E-state index in [1.54, 1.807) is 18.3 Å². The highest BCUT2D eigenvalue weighted by molar-refractivity contribution is 6.32. The normalized spacial score (nSPS) is 12.1. The second kappa shape index (κ2) is 4.86. The number of nitrogens with one attached hydrogen (secondary N) is 2. The summed E-state index contributed by atoms with van der Waals surface area (Å²) in [4.78, 5) is 14.7. The largest absolute Gasteiger partial charge is 0.363 e. The molecule has 4 heteroatoms. The third kappa shape index (κ3) is 2.44. The van der Waals surface area contributed by atoms with Crippen molar-refractivity contribution in [1.82, 2.24) is 4.98 Å². The Morgan fingerprint density at radius 3 is 2.56 bits per heavy atom. The predicted molar refractivity (Wildman–Crippen MR) is 64.5 cm³/mol. The Labute approximate surface area is 98.4 Å². The molecule has 0 saturated heterocycles. The molecule has 0 bridgehead atoms. The number of carbonyl (C=O) groups is 1. The maximum atomic E-state index is 11.7. The number of aromatic nitrogens is 1. The van der Waals surface area contributed by atoms with Gasteiger partial charge in [0, 0.05) is 17.6 Å². The average molecular weight is 235 g/mol. The van der Waals surface area contributed by atoms with E-state index in [1.165, 1.54) is 0 Å². The number of carbonyl (C=O) groups excluding carboxylic acids is 1. The second-order valence-electron chi connectivity index (χ2n) is 3.34. The molecule has 0 spiro atoms. The lowest BCUT2D eigenvalue weighted by atomic mass is 10.2. The van der Waals surface area contributed by atoms with Crippen molar-refractivity contribution in [3.63, 3.8) is 0 Å². The monoisotopic (exact) mass is 234 g/mol. The van der Waals surface area contributed by atoms with Gasteiger partial charge in [-0.3, -0.25) is 4.79 Å². The summed E-state index contributed by atoms with van der Waals surface area (Å²) >= 11 is 6.00. The minimum atomic E-state index is -0.699. The molecule has 0 aliphatic rings. The number of alkyl halides is 1. The van der Waals surface area contributed by atoms with Gasteiger partial charge in [-0.1, -0.05) is 18.2 Å². The van der Waals surface area contributed by atoms with Gasteiger partial charge in [0.1, 0.15) is 0 Å². The van der Waals surface area contributed by atoms with Crippen LogP contribution < -0.4 is 5.32 Å². The Bertz CT molecular complexity index is 453. The number of halogens is 1. The number of benzene rings is 1. The number of para-hydroxylation sites is 1. The zero-order valence-electron chi connectivity index (χ0n) is 8.48. The van der Waals surface area contributed by atoms with E-state index in [0.717, 1.165) is 5.69 Å². The van der Waals surface area contributed by atoms with E-state index < -0.39 is 5.38 Å². The number of amides is 1. The smallest absolute Gasteiger partial charge is 0.248 e. The number of H-pyrrole nitrogens is 1. The molecule has 1 aromatic carbocycles. The Morgan fingerprint density at radius 2 is 1.94 bits per heavy atom. The Kier molecular flexibility index (Phi) is 3.27. The Morgan fingerprint density at radius 1 is 1.19 bits per heavy atom. The number of hydrogen-bond donors (Lipinski definition) is 2. The highest BCUT2D eigenvalue weighted by Gasteiger charge is 2.18. The Hall–Kier alpha value is -1.74. The summed E-state index contributed by atoms with van der Waals surface area (Å²) < 4.78 is 0. The van der Waals surface area contributed by atoms with E-state index in [9.17, 15) is 4.79 Å². The number of aromatic amines is 1. The van der Waals surface area contributed by atoms with Crippen molar-refractivity contribution in [2.45, 2.75) is 5.38 Å². The number of anilines is 1. The number of hydrogen-bond acceptors (Lipinski definition) is 1.